The van der Waals surface area contributed by atoms with Crippen LogP contribution in [0.15, 0.2) is 24.3 Å². The van der Waals surface area contributed by atoms with Gasteiger partial charge in [-0.1, -0.05) is 6.92 Å². The summed E-state index contributed by atoms with van der Waals surface area (Å²) < 4.78 is 0. The zero-order valence-corrected chi connectivity index (χ0v) is 12.4. The molecule has 1 aromatic rings. The van der Waals surface area contributed by atoms with Gasteiger partial charge in [0.1, 0.15) is 6.54 Å². The first-order valence-electron chi connectivity index (χ1n) is 7.19. The first kappa shape index (κ1) is 15.8. The first-order chi connectivity index (χ1) is 10.5. The lowest BCUT2D eigenvalue weighted by molar-refractivity contribution is -0.137. The van der Waals surface area contributed by atoms with Crippen LogP contribution in [0.1, 0.15) is 23.7 Å². The molecule has 0 unspecified atom stereocenters. The lowest BCUT2D eigenvalue weighted by atomic mass is 10.1. The van der Waals surface area contributed by atoms with Gasteiger partial charge in [0.2, 0.25) is 0 Å². The highest BCUT2D eigenvalue weighted by molar-refractivity contribution is 5.97. The predicted molar refractivity (Wildman–Crippen MR) is 81.0 cm³/mol. The van der Waals surface area contributed by atoms with Crippen LogP contribution in [0.4, 0.5) is 10.5 Å². The quantitative estimate of drug-likeness (QED) is 0.825. The molecule has 2 rings (SSSR count). The van der Waals surface area contributed by atoms with Gasteiger partial charge in [-0.25, -0.2) is 4.79 Å². The standard InChI is InChI=1S/C15H19N3O4/c1-2-8-17(10-13(19)20)14(21)11-3-5-12(6-4-11)18-9-7-16-15(18)22/h3-6H,2,7-10H2,1H3,(H,16,22)(H,19,20). The number of carboxylic acid groups (broad SMARTS) is 1. The Balaban J connectivity index is 2.12. The van der Waals surface area contributed by atoms with Crippen molar-refractivity contribution in [2.45, 2.75) is 13.3 Å². The lowest BCUT2D eigenvalue weighted by Crippen LogP contribution is -2.36. The number of carbonyl (C=O) groups excluding carboxylic acids is 2. The van der Waals surface area contributed by atoms with E-state index in [1.807, 2.05) is 6.92 Å². The molecule has 7 nitrogen and oxygen atoms in total. The van der Waals surface area contributed by atoms with Crippen molar-refractivity contribution in [3.8, 4) is 0 Å². The van der Waals surface area contributed by atoms with E-state index in [4.69, 9.17) is 5.11 Å². The third-order valence-electron chi connectivity index (χ3n) is 3.39. The third kappa shape index (κ3) is 3.55. The number of carbonyl (C=O) groups is 3. The van der Waals surface area contributed by atoms with Crippen LogP contribution in [0.5, 0.6) is 0 Å². The molecule has 3 amide bonds. The van der Waals surface area contributed by atoms with E-state index in [1.54, 1.807) is 29.2 Å². The summed E-state index contributed by atoms with van der Waals surface area (Å²) in [7, 11) is 0. The molecule has 1 aliphatic heterocycles. The van der Waals surface area contributed by atoms with Gasteiger partial charge in [-0.2, -0.15) is 0 Å². The van der Waals surface area contributed by atoms with Crippen LogP contribution < -0.4 is 10.2 Å². The Morgan fingerprint density at radius 3 is 2.50 bits per heavy atom. The summed E-state index contributed by atoms with van der Waals surface area (Å²) in [6.07, 6.45) is 0.686. The number of hydrogen-bond donors (Lipinski definition) is 2. The minimum Gasteiger partial charge on any atom is -0.480 e. The smallest absolute Gasteiger partial charge is 0.323 e. The number of rotatable bonds is 6. The molecule has 0 atom stereocenters. The molecule has 1 heterocycles. The fourth-order valence-corrected chi connectivity index (χ4v) is 2.37. The zero-order valence-electron chi connectivity index (χ0n) is 12.4. The van der Waals surface area contributed by atoms with Crippen LogP contribution in [-0.4, -0.2) is 54.1 Å². The Morgan fingerprint density at radius 2 is 2.00 bits per heavy atom. The number of carboxylic acids is 1. The van der Waals surface area contributed by atoms with Crippen LogP contribution in [0, 0.1) is 0 Å². The maximum atomic E-state index is 12.3. The summed E-state index contributed by atoms with van der Waals surface area (Å²) in [6.45, 7) is 3.15. The van der Waals surface area contributed by atoms with Crippen LogP contribution >= 0.6 is 0 Å². The molecule has 1 fully saturated rings. The Kier molecular flexibility index (Phi) is 4.98. The van der Waals surface area contributed by atoms with Crippen molar-refractivity contribution in [1.82, 2.24) is 10.2 Å². The molecule has 22 heavy (non-hydrogen) atoms. The lowest BCUT2D eigenvalue weighted by Gasteiger charge is -2.20. The minimum atomic E-state index is -1.04. The fraction of sp³-hybridized carbons (Fsp3) is 0.400. The molecule has 1 aliphatic rings. The van der Waals surface area contributed by atoms with E-state index in [1.165, 1.54) is 4.90 Å². The molecule has 7 heteroatoms. The van der Waals surface area contributed by atoms with E-state index in [9.17, 15) is 14.4 Å². The van der Waals surface area contributed by atoms with Gasteiger partial charge in [0.25, 0.3) is 5.91 Å². The summed E-state index contributed by atoms with van der Waals surface area (Å²) in [5.41, 5.74) is 1.13. The summed E-state index contributed by atoms with van der Waals surface area (Å²) in [5, 5.41) is 11.6. The Hall–Kier alpha value is -2.57. The second-order valence-electron chi connectivity index (χ2n) is 5.05. The Labute approximate surface area is 128 Å². The molecule has 0 saturated carbocycles. The van der Waals surface area contributed by atoms with Gasteiger partial charge in [-0.3, -0.25) is 14.5 Å². The van der Waals surface area contributed by atoms with Gasteiger partial charge in [0.15, 0.2) is 0 Å². The monoisotopic (exact) mass is 305 g/mol. The molecular formula is C15H19N3O4. The molecule has 1 aromatic carbocycles. The molecule has 0 aromatic heterocycles. The van der Waals surface area contributed by atoms with Crippen molar-refractivity contribution < 1.29 is 19.5 Å². The van der Waals surface area contributed by atoms with Crippen LogP contribution in [0.2, 0.25) is 0 Å². The predicted octanol–water partition coefficient (Wildman–Crippen LogP) is 1.15. The number of amides is 3. The number of nitrogens with one attached hydrogen (secondary N) is 1. The van der Waals surface area contributed by atoms with E-state index in [2.05, 4.69) is 5.32 Å². The highest BCUT2D eigenvalue weighted by atomic mass is 16.4. The molecule has 0 aliphatic carbocycles. The number of aliphatic carboxylic acids is 1. The van der Waals surface area contributed by atoms with E-state index in [-0.39, 0.29) is 18.5 Å². The molecule has 2 N–H and O–H groups in total. The van der Waals surface area contributed by atoms with Crippen molar-refractivity contribution in [2.24, 2.45) is 0 Å². The molecule has 0 spiro atoms. The number of urea groups is 1. The number of benzene rings is 1. The van der Waals surface area contributed by atoms with Crippen molar-refractivity contribution in [3.05, 3.63) is 29.8 Å². The van der Waals surface area contributed by atoms with Gasteiger partial charge < -0.3 is 15.3 Å². The second kappa shape index (κ2) is 6.93. The van der Waals surface area contributed by atoms with Gasteiger partial charge >= 0.3 is 12.0 Å². The molecule has 118 valence electrons. The van der Waals surface area contributed by atoms with Crippen molar-refractivity contribution >= 4 is 23.6 Å². The Morgan fingerprint density at radius 1 is 1.32 bits per heavy atom. The zero-order chi connectivity index (χ0) is 16.1. The second-order valence-corrected chi connectivity index (χ2v) is 5.05. The van der Waals surface area contributed by atoms with Gasteiger partial charge in [0, 0.05) is 30.9 Å². The van der Waals surface area contributed by atoms with E-state index < -0.39 is 5.97 Å². The van der Waals surface area contributed by atoms with Crippen molar-refractivity contribution in [1.29, 1.82) is 0 Å². The van der Waals surface area contributed by atoms with Crippen LogP contribution in [0.3, 0.4) is 0 Å². The largest absolute Gasteiger partial charge is 0.480 e. The summed E-state index contributed by atoms with van der Waals surface area (Å²) in [5.74, 6) is -1.35. The summed E-state index contributed by atoms with van der Waals surface area (Å²) in [4.78, 5) is 37.7. The first-order valence-corrected chi connectivity index (χ1v) is 7.19. The van der Waals surface area contributed by atoms with Crippen molar-refractivity contribution in [2.75, 3.05) is 31.1 Å². The van der Waals surface area contributed by atoms with E-state index in [0.29, 0.717) is 37.3 Å². The van der Waals surface area contributed by atoms with E-state index >= 15 is 0 Å². The Bertz CT molecular complexity index is 571. The maximum Gasteiger partial charge on any atom is 0.323 e. The average molecular weight is 305 g/mol. The highest BCUT2D eigenvalue weighted by Crippen LogP contribution is 2.18. The number of anilines is 1. The molecular weight excluding hydrogens is 286 g/mol. The normalized spacial score (nSPS) is 13.9. The summed E-state index contributed by atoms with van der Waals surface area (Å²) in [6, 6.07) is 6.48. The maximum absolute atomic E-state index is 12.3. The fourth-order valence-electron chi connectivity index (χ4n) is 2.37. The highest BCUT2D eigenvalue weighted by Gasteiger charge is 2.22. The summed E-state index contributed by atoms with van der Waals surface area (Å²) >= 11 is 0. The topological polar surface area (TPSA) is 90.0 Å². The van der Waals surface area contributed by atoms with Crippen LogP contribution in [0.25, 0.3) is 0 Å². The van der Waals surface area contributed by atoms with E-state index in [0.717, 1.165) is 0 Å². The number of hydrogen-bond acceptors (Lipinski definition) is 3. The van der Waals surface area contributed by atoms with Crippen LogP contribution in [-0.2, 0) is 4.79 Å². The third-order valence-corrected chi connectivity index (χ3v) is 3.39. The minimum absolute atomic E-state index is 0.155. The molecule has 0 bridgehead atoms. The van der Waals surface area contributed by atoms with Gasteiger partial charge in [-0.15, -0.1) is 0 Å². The van der Waals surface area contributed by atoms with Gasteiger partial charge in [0.05, 0.1) is 0 Å². The van der Waals surface area contributed by atoms with Gasteiger partial charge in [-0.05, 0) is 30.7 Å². The van der Waals surface area contributed by atoms with Crippen molar-refractivity contribution in [3.63, 3.8) is 0 Å². The average Bonchev–Trinajstić information content (AvgIpc) is 2.92. The SMILES string of the molecule is CCCN(CC(=O)O)C(=O)c1ccc(N2CCNC2=O)cc1. The molecule has 0 radical (unpaired) electrons. The number of nitrogens with zero attached hydrogens (tertiary/aromatic N) is 2. The molecule has 1 saturated heterocycles.